The Bertz CT molecular complexity index is 283. The van der Waals surface area contributed by atoms with E-state index >= 15 is 0 Å². The van der Waals surface area contributed by atoms with Gasteiger partial charge in [0.05, 0.1) is 0 Å². The highest BCUT2D eigenvalue weighted by Crippen LogP contribution is 2.12. The molecule has 0 N–H and O–H groups in total. The summed E-state index contributed by atoms with van der Waals surface area (Å²) in [7, 11) is 0. The minimum atomic E-state index is -0.181. The van der Waals surface area contributed by atoms with E-state index in [4.69, 9.17) is 11.1 Å². The van der Waals surface area contributed by atoms with E-state index in [1.807, 2.05) is 0 Å². The van der Waals surface area contributed by atoms with Crippen molar-refractivity contribution in [1.82, 2.24) is 0 Å². The summed E-state index contributed by atoms with van der Waals surface area (Å²) in [4.78, 5) is 5.46. The fraction of sp³-hybridized carbons (Fsp3) is 1.00. The third-order valence-electron chi connectivity index (χ3n) is 2.74. The van der Waals surface area contributed by atoms with Crippen LogP contribution in [0.4, 0.5) is 0 Å². The molecule has 0 aliphatic carbocycles. The van der Waals surface area contributed by atoms with E-state index in [0.29, 0.717) is 0 Å². The molecule has 0 spiro atoms. The molecule has 7 heteroatoms. The third kappa shape index (κ3) is 11.6. The molecule has 6 nitrogen and oxygen atoms in total. The van der Waals surface area contributed by atoms with Crippen LogP contribution < -0.4 is 0 Å². The Morgan fingerprint density at radius 1 is 0.889 bits per heavy atom. The second-order valence-corrected chi connectivity index (χ2v) is 5.02. The van der Waals surface area contributed by atoms with Crippen LogP contribution >= 0.6 is 15.9 Å². The first-order valence-electron chi connectivity index (χ1n) is 6.46. The Balaban J connectivity index is 3.48. The summed E-state index contributed by atoms with van der Waals surface area (Å²) < 4.78 is 0. The minimum Gasteiger partial charge on any atom is -0.0936 e. The predicted octanol–water partition coefficient (Wildman–Crippen LogP) is 5.49. The van der Waals surface area contributed by atoms with E-state index in [1.54, 1.807) is 0 Å². The van der Waals surface area contributed by atoms with Gasteiger partial charge in [0.15, 0.2) is 0 Å². The van der Waals surface area contributed by atoms with E-state index in [9.17, 15) is 0 Å². The number of halogens is 1. The highest BCUT2D eigenvalue weighted by atomic mass is 79.9. The van der Waals surface area contributed by atoms with Crippen LogP contribution in [0.25, 0.3) is 20.9 Å². The van der Waals surface area contributed by atoms with Crippen LogP contribution in [0.5, 0.6) is 0 Å². The maximum Gasteiger partial charge on any atom is 0.0429 e. The lowest BCUT2D eigenvalue weighted by Crippen LogP contribution is -2.07. The van der Waals surface area contributed by atoms with Crippen molar-refractivity contribution in [2.45, 2.75) is 57.4 Å². The first-order valence-corrected chi connectivity index (χ1v) is 7.58. The molecule has 0 aromatic rings. The summed E-state index contributed by atoms with van der Waals surface area (Å²) in [5.74, 6) is 0. The zero-order valence-electron chi connectivity index (χ0n) is 10.7. The SMILES string of the molecule is [N-]=[N+]=NCC(CCCCCCCCCBr)N=[N+]=[N-]. The second-order valence-electron chi connectivity index (χ2n) is 4.22. The maximum absolute atomic E-state index is 8.38. The normalized spacial score (nSPS) is 11.4. The lowest BCUT2D eigenvalue weighted by molar-refractivity contribution is 0.533. The van der Waals surface area contributed by atoms with Crippen molar-refractivity contribution in [3.63, 3.8) is 0 Å². The quantitative estimate of drug-likeness (QED) is 0.149. The fourth-order valence-electron chi connectivity index (χ4n) is 1.75. The van der Waals surface area contributed by atoms with Crippen molar-refractivity contribution < 1.29 is 0 Å². The second kappa shape index (κ2) is 14.2. The van der Waals surface area contributed by atoms with Gasteiger partial charge in [-0.3, -0.25) is 0 Å². The summed E-state index contributed by atoms with van der Waals surface area (Å²) in [5, 5.41) is 8.18. The molecule has 1 atom stereocenters. The average Bonchev–Trinajstić information content (AvgIpc) is 2.39. The molecule has 0 bridgehead atoms. The monoisotopic (exact) mass is 316 g/mol. The molecule has 0 aliphatic rings. The first-order chi connectivity index (χ1) is 8.85. The maximum atomic E-state index is 8.38. The number of hydrogen-bond donors (Lipinski definition) is 0. The topological polar surface area (TPSA) is 97.5 Å². The molecule has 0 rings (SSSR count). The van der Waals surface area contributed by atoms with Gasteiger partial charge in [0.25, 0.3) is 0 Å². The van der Waals surface area contributed by atoms with Crippen LogP contribution in [0.15, 0.2) is 10.2 Å². The van der Waals surface area contributed by atoms with Crippen LogP contribution in [-0.2, 0) is 0 Å². The van der Waals surface area contributed by atoms with Crippen molar-refractivity contribution in [2.24, 2.45) is 10.2 Å². The molecular formula is C11H21BrN6. The summed E-state index contributed by atoms with van der Waals surface area (Å²) >= 11 is 3.42. The number of unbranched alkanes of at least 4 members (excludes halogenated alkanes) is 6. The van der Waals surface area contributed by atoms with Gasteiger partial charge in [-0.25, -0.2) is 0 Å². The Morgan fingerprint density at radius 3 is 2.06 bits per heavy atom. The number of hydrogen-bond acceptors (Lipinski definition) is 2. The molecule has 0 aliphatic heterocycles. The summed E-state index contributed by atoms with van der Waals surface area (Å²) in [6, 6.07) is -0.181. The van der Waals surface area contributed by atoms with Gasteiger partial charge >= 0.3 is 0 Å². The molecule has 0 aromatic carbocycles. The Morgan fingerprint density at radius 2 is 1.50 bits per heavy atom. The highest BCUT2D eigenvalue weighted by Gasteiger charge is 2.04. The Hall–Kier alpha value is -0.900. The lowest BCUT2D eigenvalue weighted by Gasteiger charge is -2.07. The van der Waals surface area contributed by atoms with Crippen molar-refractivity contribution in [2.75, 3.05) is 11.9 Å². The van der Waals surface area contributed by atoms with Crippen molar-refractivity contribution in [3.05, 3.63) is 20.9 Å². The molecule has 1 unspecified atom stereocenters. The van der Waals surface area contributed by atoms with Gasteiger partial charge in [0.1, 0.15) is 0 Å². The molecule has 0 saturated carbocycles. The Kier molecular flexibility index (Phi) is 13.5. The molecule has 0 amide bonds. The number of rotatable bonds is 12. The van der Waals surface area contributed by atoms with E-state index in [-0.39, 0.29) is 12.6 Å². The number of azide groups is 2. The molecule has 0 saturated heterocycles. The van der Waals surface area contributed by atoms with Crippen LogP contribution in [0.1, 0.15) is 51.4 Å². The first kappa shape index (κ1) is 17.1. The van der Waals surface area contributed by atoms with Crippen LogP contribution in [0.2, 0.25) is 0 Å². The van der Waals surface area contributed by atoms with E-state index in [0.717, 1.165) is 24.6 Å². The van der Waals surface area contributed by atoms with E-state index < -0.39 is 0 Å². The molecule has 18 heavy (non-hydrogen) atoms. The third-order valence-corrected chi connectivity index (χ3v) is 3.30. The smallest absolute Gasteiger partial charge is 0.0429 e. The molecule has 102 valence electrons. The number of alkyl halides is 1. The Labute approximate surface area is 117 Å². The standard InChI is InChI=1S/C11H21BrN6/c12-9-7-5-3-1-2-4-6-8-11(16-18-14)10-15-17-13/h11H,1-10H2. The summed E-state index contributed by atoms with van der Waals surface area (Å²) in [6.45, 7) is 0.270. The largest absolute Gasteiger partial charge is 0.0936 e. The summed E-state index contributed by atoms with van der Waals surface area (Å²) in [6.07, 6.45) is 9.34. The number of nitrogens with zero attached hydrogens (tertiary/aromatic N) is 6. The molecule has 0 fully saturated rings. The minimum absolute atomic E-state index is 0.181. The summed E-state index contributed by atoms with van der Waals surface area (Å²) in [5.41, 5.74) is 16.6. The molecule has 0 radical (unpaired) electrons. The molecule has 0 heterocycles. The van der Waals surface area contributed by atoms with Gasteiger partial charge in [0, 0.05) is 27.7 Å². The zero-order chi connectivity index (χ0) is 13.5. The lowest BCUT2D eigenvalue weighted by atomic mass is 10.1. The van der Waals surface area contributed by atoms with Crippen molar-refractivity contribution in [1.29, 1.82) is 0 Å². The van der Waals surface area contributed by atoms with Crippen LogP contribution in [0.3, 0.4) is 0 Å². The average molecular weight is 317 g/mol. The van der Waals surface area contributed by atoms with E-state index in [1.165, 1.54) is 32.1 Å². The van der Waals surface area contributed by atoms with Gasteiger partial charge in [-0.15, -0.1) is 0 Å². The van der Waals surface area contributed by atoms with Gasteiger partial charge in [-0.1, -0.05) is 64.7 Å². The predicted molar refractivity (Wildman–Crippen MR) is 77.7 cm³/mol. The van der Waals surface area contributed by atoms with Gasteiger partial charge in [0.2, 0.25) is 0 Å². The van der Waals surface area contributed by atoms with Gasteiger partial charge < -0.3 is 0 Å². The zero-order valence-corrected chi connectivity index (χ0v) is 12.3. The van der Waals surface area contributed by atoms with Gasteiger partial charge in [-0.05, 0) is 23.9 Å². The van der Waals surface area contributed by atoms with Gasteiger partial charge in [-0.2, -0.15) is 0 Å². The van der Waals surface area contributed by atoms with Crippen molar-refractivity contribution in [3.8, 4) is 0 Å². The molecule has 0 aromatic heterocycles. The fourth-order valence-corrected chi connectivity index (χ4v) is 2.14. The van der Waals surface area contributed by atoms with Crippen LogP contribution in [-0.4, -0.2) is 17.9 Å². The highest BCUT2D eigenvalue weighted by molar-refractivity contribution is 9.09. The molecular weight excluding hydrogens is 296 g/mol. The van der Waals surface area contributed by atoms with Crippen molar-refractivity contribution >= 4 is 15.9 Å². The van der Waals surface area contributed by atoms with Crippen LogP contribution in [0, 0.1) is 0 Å². The van der Waals surface area contributed by atoms with E-state index in [2.05, 4.69) is 36.0 Å².